The molecule has 252 valence electrons. The Kier molecular flexibility index (Phi) is 16.2. The summed E-state index contributed by atoms with van der Waals surface area (Å²) in [4.78, 5) is 62.0. The first-order valence-electron chi connectivity index (χ1n) is 16.3. The Morgan fingerprint density at radius 3 is 1.47 bits per heavy atom. The second-order valence-corrected chi connectivity index (χ2v) is 21.5. The van der Waals surface area contributed by atoms with Crippen molar-refractivity contribution in [2.75, 3.05) is 23.7 Å². The van der Waals surface area contributed by atoms with Gasteiger partial charge < -0.3 is 24.7 Å². The molecule has 0 saturated heterocycles. The van der Waals surface area contributed by atoms with E-state index in [2.05, 4.69) is 67.4 Å². The lowest BCUT2D eigenvalue weighted by Crippen LogP contribution is -2.44. The zero-order chi connectivity index (χ0) is 33.3. The van der Waals surface area contributed by atoms with Gasteiger partial charge in [0, 0.05) is 36.6 Å². The maximum absolute atomic E-state index is 12.1. The van der Waals surface area contributed by atoms with Crippen molar-refractivity contribution in [3.05, 3.63) is 44.2 Å². The van der Waals surface area contributed by atoms with Crippen LogP contribution in [-0.4, -0.2) is 61.7 Å². The zero-order valence-corrected chi connectivity index (χ0v) is 30.0. The Morgan fingerprint density at radius 1 is 0.689 bits per heavy atom. The molecular formula is C30H54N8O5Si2. The summed E-state index contributed by atoms with van der Waals surface area (Å²) in [5, 5.41) is 10.7. The molecule has 0 bridgehead atoms. The van der Waals surface area contributed by atoms with E-state index in [1.54, 1.807) is 0 Å². The van der Waals surface area contributed by atoms with E-state index in [0.717, 1.165) is 74.8 Å². The second kappa shape index (κ2) is 19.3. The highest BCUT2D eigenvalue weighted by molar-refractivity contribution is 6.84. The topological polar surface area (TPSA) is 183 Å². The number of hydrogen-bond donors (Lipinski definition) is 6. The Morgan fingerprint density at radius 2 is 1.09 bits per heavy atom. The summed E-state index contributed by atoms with van der Waals surface area (Å²) >= 11 is 0. The first kappa shape index (κ1) is 37.9. The maximum atomic E-state index is 12.1. The number of unbranched alkanes of at least 4 members (excludes halogenated alkanes) is 4. The number of anilines is 2. The van der Waals surface area contributed by atoms with Crippen LogP contribution in [0.3, 0.4) is 0 Å². The van der Waals surface area contributed by atoms with Gasteiger partial charge in [-0.05, 0) is 76.8 Å². The smallest absolute Gasteiger partial charge is 0.321 e. The van der Waals surface area contributed by atoms with Crippen LogP contribution in [0.4, 0.5) is 21.5 Å². The molecule has 0 aliphatic heterocycles. The molecule has 0 radical (unpaired) electrons. The monoisotopic (exact) mass is 662 g/mol. The molecule has 13 nitrogen and oxygen atoms in total. The van der Waals surface area contributed by atoms with Crippen LogP contribution in [-0.2, 0) is 17.0 Å². The molecule has 45 heavy (non-hydrogen) atoms. The van der Waals surface area contributed by atoms with Crippen LogP contribution >= 0.6 is 0 Å². The number of H-pyrrole nitrogens is 2. The fourth-order valence-corrected chi connectivity index (χ4v) is 14.0. The van der Waals surface area contributed by atoms with Crippen LogP contribution < -0.4 is 32.4 Å². The van der Waals surface area contributed by atoms with Gasteiger partial charge in [-0.25, -0.2) is 9.59 Å². The van der Waals surface area contributed by atoms with E-state index in [1.807, 2.05) is 13.8 Å². The number of aryl methyl sites for hydroxylation is 2. The lowest BCUT2D eigenvalue weighted by atomic mass is 10.2. The first-order chi connectivity index (χ1) is 21.3. The van der Waals surface area contributed by atoms with Gasteiger partial charge >= 0.3 is 12.1 Å². The minimum atomic E-state index is -1.89. The Hall–Kier alpha value is -3.31. The van der Waals surface area contributed by atoms with Crippen molar-refractivity contribution in [3.63, 3.8) is 0 Å². The molecule has 2 rings (SSSR count). The highest BCUT2D eigenvalue weighted by atomic mass is 28.4. The number of nitrogens with one attached hydrogen (secondary N) is 6. The van der Waals surface area contributed by atoms with Crippen molar-refractivity contribution in [1.29, 1.82) is 0 Å². The molecule has 6 N–H and O–H groups in total. The molecule has 0 fully saturated rings. The summed E-state index contributed by atoms with van der Waals surface area (Å²) in [6.07, 6.45) is 8.86. The normalized spacial score (nSPS) is 11.7. The SMILES string of the molecule is CCCCNC(=O)Nc1nc(=O)cc(CCCC[Si](C)(C)O[Si](C)(C)CCCCc2cc(=O)nc(NC(=O)NCCCC)[nH]2)[nH]1. The molecule has 0 aliphatic carbocycles. The Labute approximate surface area is 268 Å². The predicted octanol–water partition coefficient (Wildman–Crippen LogP) is 5.47. The molecule has 0 atom stereocenters. The van der Waals surface area contributed by atoms with Crippen molar-refractivity contribution in [1.82, 2.24) is 30.6 Å². The number of rotatable bonds is 20. The maximum Gasteiger partial charge on any atom is 0.321 e. The lowest BCUT2D eigenvalue weighted by Gasteiger charge is -2.34. The average molecular weight is 663 g/mol. The number of urea groups is 2. The summed E-state index contributed by atoms with van der Waals surface area (Å²) in [5.74, 6) is 0.324. The minimum Gasteiger partial charge on any atom is -0.455 e. The third-order valence-corrected chi connectivity index (χ3v) is 14.7. The lowest BCUT2D eigenvalue weighted by molar-refractivity contribution is 0.251. The molecule has 2 aromatic rings. The number of carbonyl (C=O) groups is 2. The van der Waals surface area contributed by atoms with Gasteiger partial charge in [0.05, 0.1) is 0 Å². The number of nitrogens with zero attached hydrogens (tertiary/aromatic N) is 2. The third kappa shape index (κ3) is 16.5. The zero-order valence-electron chi connectivity index (χ0n) is 28.0. The molecule has 0 aliphatic rings. The molecule has 0 spiro atoms. The molecule has 4 amide bonds. The number of amides is 4. The van der Waals surface area contributed by atoms with Crippen molar-refractivity contribution in [2.24, 2.45) is 0 Å². The van der Waals surface area contributed by atoms with E-state index >= 15 is 0 Å². The highest BCUT2D eigenvalue weighted by Crippen LogP contribution is 2.25. The van der Waals surface area contributed by atoms with Crippen LogP contribution in [0.25, 0.3) is 0 Å². The van der Waals surface area contributed by atoms with Gasteiger partial charge in [-0.1, -0.05) is 39.5 Å². The van der Waals surface area contributed by atoms with Gasteiger partial charge in [0.15, 0.2) is 16.6 Å². The fraction of sp³-hybridized carbons (Fsp3) is 0.667. The Balaban J connectivity index is 1.75. The van der Waals surface area contributed by atoms with Crippen LogP contribution in [0.15, 0.2) is 21.7 Å². The van der Waals surface area contributed by atoms with E-state index in [-0.39, 0.29) is 35.1 Å². The van der Waals surface area contributed by atoms with Crippen molar-refractivity contribution >= 4 is 40.6 Å². The van der Waals surface area contributed by atoms with E-state index < -0.39 is 16.6 Å². The van der Waals surface area contributed by atoms with Crippen molar-refractivity contribution in [3.8, 4) is 0 Å². The molecule has 0 saturated carbocycles. The second-order valence-electron chi connectivity index (χ2n) is 12.7. The molecular weight excluding hydrogens is 609 g/mol. The van der Waals surface area contributed by atoms with Gasteiger partial charge in [0.25, 0.3) is 11.1 Å². The van der Waals surface area contributed by atoms with Crippen LogP contribution in [0.2, 0.25) is 38.3 Å². The number of aromatic amines is 2. The molecule has 2 heterocycles. The average Bonchev–Trinajstić information content (AvgIpc) is 2.92. The molecule has 15 heteroatoms. The highest BCUT2D eigenvalue weighted by Gasteiger charge is 2.32. The summed E-state index contributed by atoms with van der Waals surface area (Å²) in [6.45, 7) is 14.3. The number of aromatic nitrogens is 4. The van der Waals surface area contributed by atoms with Crippen LogP contribution in [0.5, 0.6) is 0 Å². The van der Waals surface area contributed by atoms with E-state index in [1.165, 1.54) is 12.1 Å². The van der Waals surface area contributed by atoms with E-state index in [9.17, 15) is 19.2 Å². The fourth-order valence-electron chi connectivity index (χ4n) is 5.05. The van der Waals surface area contributed by atoms with Gasteiger partial charge in [-0.3, -0.25) is 20.2 Å². The summed E-state index contributed by atoms with van der Waals surface area (Å²) in [5.41, 5.74) is 0.747. The van der Waals surface area contributed by atoms with Gasteiger partial charge in [-0.15, -0.1) is 0 Å². The summed E-state index contributed by atoms with van der Waals surface area (Å²) in [7, 11) is -3.79. The van der Waals surface area contributed by atoms with E-state index in [0.29, 0.717) is 25.9 Å². The first-order valence-corrected chi connectivity index (χ1v) is 22.5. The number of carbonyl (C=O) groups excluding carboxylic acids is 2. The summed E-state index contributed by atoms with van der Waals surface area (Å²) in [6, 6.07) is 4.25. The van der Waals surface area contributed by atoms with Gasteiger partial charge in [0.1, 0.15) is 0 Å². The molecule has 0 unspecified atom stereocenters. The standard InChI is InChI=1S/C30H54N8O5Si2/c1-7-9-17-31-29(41)37-27-33-23(21-25(39)35-27)15-11-13-19-44(3,4)43-45(5,6)20-14-12-16-24-22-26(40)36-28(34-24)38-30(42)32-18-10-8-2/h21-22H,7-20H2,1-6H3,(H3,31,33,35,37,39,41)(H3,32,34,36,38,40,42). The van der Waals surface area contributed by atoms with Gasteiger partial charge in [-0.2, -0.15) is 9.97 Å². The Bertz CT molecular complexity index is 1230. The molecule has 2 aromatic heterocycles. The van der Waals surface area contributed by atoms with E-state index in [4.69, 9.17) is 4.12 Å². The largest absolute Gasteiger partial charge is 0.455 e. The van der Waals surface area contributed by atoms with Crippen molar-refractivity contribution in [2.45, 2.75) is 116 Å². The quantitative estimate of drug-likeness (QED) is 0.0802. The third-order valence-electron chi connectivity index (χ3n) is 7.20. The van der Waals surface area contributed by atoms with Crippen molar-refractivity contribution < 1.29 is 13.7 Å². The number of hydrogen-bond acceptors (Lipinski definition) is 7. The predicted molar refractivity (Wildman–Crippen MR) is 185 cm³/mol. The molecule has 0 aromatic carbocycles. The van der Waals surface area contributed by atoms with Crippen LogP contribution in [0.1, 0.15) is 76.6 Å². The minimum absolute atomic E-state index is 0.162. The van der Waals surface area contributed by atoms with Gasteiger partial charge in [0.2, 0.25) is 11.9 Å². The van der Waals surface area contributed by atoms with Crippen LogP contribution in [0, 0.1) is 0 Å². The summed E-state index contributed by atoms with van der Waals surface area (Å²) < 4.78 is 6.81.